The first-order valence-electron chi connectivity index (χ1n) is 5.92. The molecule has 3 heteroatoms. The molecule has 1 saturated carbocycles. The SMILES string of the molecule is CNCCN(C)C(=O)C1(CC(C)C)CC1. The second kappa shape index (κ2) is 4.97. The third kappa shape index (κ3) is 3.20. The van der Waals surface area contributed by atoms with Crippen molar-refractivity contribution in [1.29, 1.82) is 0 Å². The van der Waals surface area contributed by atoms with Crippen LogP contribution in [0.5, 0.6) is 0 Å². The van der Waals surface area contributed by atoms with Gasteiger partial charge in [-0.2, -0.15) is 0 Å². The molecular weight excluding hydrogens is 188 g/mol. The van der Waals surface area contributed by atoms with E-state index in [2.05, 4.69) is 19.2 Å². The highest BCUT2D eigenvalue weighted by atomic mass is 16.2. The molecule has 1 rings (SSSR count). The molecule has 0 aromatic heterocycles. The van der Waals surface area contributed by atoms with Crippen LogP contribution >= 0.6 is 0 Å². The van der Waals surface area contributed by atoms with Crippen molar-refractivity contribution in [3.63, 3.8) is 0 Å². The van der Waals surface area contributed by atoms with E-state index in [4.69, 9.17) is 0 Å². The summed E-state index contributed by atoms with van der Waals surface area (Å²) in [7, 11) is 3.83. The van der Waals surface area contributed by atoms with E-state index in [0.717, 1.165) is 32.4 Å². The Kier molecular flexibility index (Phi) is 4.14. The molecule has 1 aliphatic rings. The zero-order valence-corrected chi connectivity index (χ0v) is 10.5. The molecular formula is C12H24N2O. The lowest BCUT2D eigenvalue weighted by Gasteiger charge is -2.24. The van der Waals surface area contributed by atoms with Crippen LogP contribution in [0.25, 0.3) is 0 Å². The van der Waals surface area contributed by atoms with Crippen LogP contribution in [0, 0.1) is 11.3 Å². The Balaban J connectivity index is 2.45. The molecule has 15 heavy (non-hydrogen) atoms. The van der Waals surface area contributed by atoms with Gasteiger partial charge in [0.25, 0.3) is 0 Å². The summed E-state index contributed by atoms with van der Waals surface area (Å²) in [6.07, 6.45) is 3.23. The summed E-state index contributed by atoms with van der Waals surface area (Å²) in [6, 6.07) is 0. The van der Waals surface area contributed by atoms with Gasteiger partial charge in [0.15, 0.2) is 0 Å². The number of carbonyl (C=O) groups is 1. The van der Waals surface area contributed by atoms with Gasteiger partial charge in [-0.1, -0.05) is 13.8 Å². The van der Waals surface area contributed by atoms with Gasteiger partial charge in [-0.3, -0.25) is 4.79 Å². The molecule has 1 N–H and O–H groups in total. The van der Waals surface area contributed by atoms with Gasteiger partial charge in [0, 0.05) is 25.6 Å². The minimum absolute atomic E-state index is 0.0106. The molecule has 0 heterocycles. The van der Waals surface area contributed by atoms with E-state index in [1.165, 1.54) is 0 Å². The van der Waals surface area contributed by atoms with E-state index >= 15 is 0 Å². The van der Waals surface area contributed by atoms with E-state index in [9.17, 15) is 4.79 Å². The first-order valence-corrected chi connectivity index (χ1v) is 5.92. The Hall–Kier alpha value is -0.570. The highest BCUT2D eigenvalue weighted by Crippen LogP contribution is 2.51. The second-order valence-electron chi connectivity index (χ2n) is 5.21. The van der Waals surface area contributed by atoms with Crippen molar-refractivity contribution >= 4 is 5.91 Å². The van der Waals surface area contributed by atoms with Gasteiger partial charge in [-0.25, -0.2) is 0 Å². The average molecular weight is 212 g/mol. The number of amides is 1. The van der Waals surface area contributed by atoms with E-state index in [1.807, 2.05) is 19.0 Å². The maximum atomic E-state index is 12.2. The smallest absolute Gasteiger partial charge is 0.228 e. The topological polar surface area (TPSA) is 32.3 Å². The minimum Gasteiger partial charge on any atom is -0.344 e. The van der Waals surface area contributed by atoms with Crippen molar-refractivity contribution in [2.75, 3.05) is 27.2 Å². The van der Waals surface area contributed by atoms with Crippen LogP contribution < -0.4 is 5.32 Å². The van der Waals surface area contributed by atoms with Crippen LogP contribution in [0.1, 0.15) is 33.1 Å². The summed E-state index contributed by atoms with van der Waals surface area (Å²) in [4.78, 5) is 14.0. The van der Waals surface area contributed by atoms with E-state index in [-0.39, 0.29) is 5.41 Å². The van der Waals surface area contributed by atoms with Crippen LogP contribution in [-0.4, -0.2) is 38.0 Å². The Morgan fingerprint density at radius 1 is 1.47 bits per heavy atom. The Labute approximate surface area is 93.2 Å². The number of nitrogens with zero attached hydrogens (tertiary/aromatic N) is 1. The molecule has 0 spiro atoms. The zero-order valence-electron chi connectivity index (χ0n) is 10.5. The first-order chi connectivity index (χ1) is 7.02. The van der Waals surface area contributed by atoms with E-state index in [0.29, 0.717) is 11.8 Å². The fourth-order valence-corrected chi connectivity index (χ4v) is 2.22. The van der Waals surface area contributed by atoms with Crippen molar-refractivity contribution in [2.24, 2.45) is 11.3 Å². The molecule has 0 radical (unpaired) electrons. The highest BCUT2D eigenvalue weighted by Gasteiger charge is 2.50. The van der Waals surface area contributed by atoms with Crippen LogP contribution in [0.3, 0.4) is 0 Å². The van der Waals surface area contributed by atoms with Crippen molar-refractivity contribution in [3.05, 3.63) is 0 Å². The molecule has 1 aliphatic carbocycles. The molecule has 0 aromatic rings. The summed E-state index contributed by atoms with van der Waals surface area (Å²) in [5, 5.41) is 3.07. The molecule has 0 unspecified atom stereocenters. The van der Waals surface area contributed by atoms with Crippen LogP contribution in [0.2, 0.25) is 0 Å². The largest absolute Gasteiger partial charge is 0.344 e. The number of nitrogens with one attached hydrogen (secondary N) is 1. The molecule has 0 aromatic carbocycles. The summed E-state index contributed by atoms with van der Waals surface area (Å²) >= 11 is 0. The van der Waals surface area contributed by atoms with Crippen molar-refractivity contribution in [2.45, 2.75) is 33.1 Å². The van der Waals surface area contributed by atoms with E-state index in [1.54, 1.807) is 0 Å². The molecule has 0 bridgehead atoms. The Morgan fingerprint density at radius 3 is 2.47 bits per heavy atom. The summed E-state index contributed by atoms with van der Waals surface area (Å²) in [6.45, 7) is 6.08. The van der Waals surface area contributed by atoms with Gasteiger partial charge in [-0.05, 0) is 32.2 Å². The van der Waals surface area contributed by atoms with Gasteiger partial charge >= 0.3 is 0 Å². The lowest BCUT2D eigenvalue weighted by atomic mass is 9.93. The maximum Gasteiger partial charge on any atom is 0.228 e. The summed E-state index contributed by atoms with van der Waals surface area (Å²) in [5.41, 5.74) is 0.0106. The lowest BCUT2D eigenvalue weighted by molar-refractivity contribution is -0.136. The second-order valence-corrected chi connectivity index (χ2v) is 5.21. The predicted octanol–water partition coefficient (Wildman–Crippen LogP) is 1.49. The molecule has 88 valence electrons. The van der Waals surface area contributed by atoms with Crippen molar-refractivity contribution < 1.29 is 4.79 Å². The molecule has 3 nitrogen and oxygen atoms in total. The van der Waals surface area contributed by atoms with Gasteiger partial charge in [-0.15, -0.1) is 0 Å². The average Bonchev–Trinajstić information content (AvgIpc) is 2.93. The van der Waals surface area contributed by atoms with Gasteiger partial charge < -0.3 is 10.2 Å². The van der Waals surface area contributed by atoms with E-state index < -0.39 is 0 Å². The van der Waals surface area contributed by atoms with Gasteiger partial charge in [0.2, 0.25) is 5.91 Å². The van der Waals surface area contributed by atoms with Crippen molar-refractivity contribution in [1.82, 2.24) is 10.2 Å². The normalized spacial score (nSPS) is 17.9. The predicted molar refractivity (Wildman–Crippen MR) is 62.7 cm³/mol. The molecule has 0 atom stereocenters. The standard InChI is InChI=1S/C12H24N2O/c1-10(2)9-12(5-6-12)11(15)14(4)8-7-13-3/h10,13H,5-9H2,1-4H3. The number of carbonyl (C=O) groups excluding carboxylic acids is 1. The summed E-state index contributed by atoms with van der Waals surface area (Å²) < 4.78 is 0. The lowest BCUT2D eigenvalue weighted by Crippen LogP contribution is -2.38. The fourth-order valence-electron chi connectivity index (χ4n) is 2.22. The third-order valence-corrected chi connectivity index (χ3v) is 3.15. The van der Waals surface area contributed by atoms with Crippen molar-refractivity contribution in [3.8, 4) is 0 Å². The highest BCUT2D eigenvalue weighted by molar-refractivity contribution is 5.85. The minimum atomic E-state index is 0.0106. The van der Waals surface area contributed by atoms with Crippen LogP contribution in [0.15, 0.2) is 0 Å². The first kappa shape index (κ1) is 12.5. The number of likely N-dealkylation sites (N-methyl/N-ethyl adjacent to an activating group) is 2. The zero-order chi connectivity index (χ0) is 11.5. The van der Waals surface area contributed by atoms with Crippen LogP contribution in [-0.2, 0) is 4.79 Å². The van der Waals surface area contributed by atoms with Gasteiger partial charge in [0.05, 0.1) is 0 Å². The van der Waals surface area contributed by atoms with Crippen LogP contribution in [0.4, 0.5) is 0 Å². The maximum absolute atomic E-state index is 12.2. The third-order valence-electron chi connectivity index (χ3n) is 3.15. The van der Waals surface area contributed by atoms with Gasteiger partial charge in [0.1, 0.15) is 0 Å². The Morgan fingerprint density at radius 2 is 2.07 bits per heavy atom. The number of rotatable bonds is 6. The molecule has 0 aliphatic heterocycles. The quantitative estimate of drug-likeness (QED) is 0.723. The fraction of sp³-hybridized carbons (Fsp3) is 0.917. The molecule has 1 fully saturated rings. The molecule has 0 saturated heterocycles. The number of hydrogen-bond donors (Lipinski definition) is 1. The Bertz CT molecular complexity index is 222. The summed E-state index contributed by atoms with van der Waals surface area (Å²) in [5.74, 6) is 0.973. The monoisotopic (exact) mass is 212 g/mol. The number of hydrogen-bond acceptors (Lipinski definition) is 2. The molecule has 1 amide bonds.